The first kappa shape index (κ1) is 11.3. The number of nitrogens with zero attached hydrogens (tertiary/aromatic N) is 2. The van der Waals surface area contributed by atoms with Crippen LogP contribution >= 0.6 is 0 Å². The molecule has 0 unspecified atom stereocenters. The first-order valence-corrected chi connectivity index (χ1v) is 6.44. The predicted molar refractivity (Wildman–Crippen MR) is 70.4 cm³/mol. The van der Waals surface area contributed by atoms with Crippen LogP contribution in [0.3, 0.4) is 0 Å². The molecule has 0 radical (unpaired) electrons. The van der Waals surface area contributed by atoms with E-state index in [4.69, 9.17) is 0 Å². The topological polar surface area (TPSA) is 49.0 Å². The van der Waals surface area contributed by atoms with Crippen LogP contribution in [0.15, 0.2) is 24.3 Å². The molecular weight excluding hydrogens is 226 g/mol. The molecule has 1 aliphatic carbocycles. The number of H-pyrrole nitrogens is 1. The summed E-state index contributed by atoms with van der Waals surface area (Å²) < 4.78 is 0. The summed E-state index contributed by atoms with van der Waals surface area (Å²) in [6, 6.07) is 7.74. The summed E-state index contributed by atoms with van der Waals surface area (Å²) in [6.45, 7) is 0.847. The van der Waals surface area contributed by atoms with Crippen LogP contribution in [0, 0.1) is 5.92 Å². The van der Waals surface area contributed by atoms with Gasteiger partial charge in [0.05, 0.1) is 5.52 Å². The molecular formula is C14H17N3O. The molecule has 1 saturated carbocycles. The van der Waals surface area contributed by atoms with Crippen molar-refractivity contribution in [3.05, 3.63) is 30.0 Å². The number of aromatic amines is 1. The van der Waals surface area contributed by atoms with Gasteiger partial charge in [-0.15, -0.1) is 0 Å². The highest BCUT2D eigenvalue weighted by molar-refractivity contribution is 6.04. The zero-order valence-electron chi connectivity index (χ0n) is 10.5. The van der Waals surface area contributed by atoms with Gasteiger partial charge < -0.3 is 4.90 Å². The van der Waals surface area contributed by atoms with E-state index in [9.17, 15) is 4.79 Å². The first-order valence-electron chi connectivity index (χ1n) is 6.44. The van der Waals surface area contributed by atoms with Gasteiger partial charge in [-0.3, -0.25) is 9.89 Å². The van der Waals surface area contributed by atoms with Crippen LogP contribution in [-0.4, -0.2) is 34.6 Å². The van der Waals surface area contributed by atoms with E-state index in [1.54, 1.807) is 4.90 Å². The average molecular weight is 243 g/mol. The fourth-order valence-corrected chi connectivity index (χ4v) is 2.45. The van der Waals surface area contributed by atoms with Gasteiger partial charge in [0.2, 0.25) is 0 Å². The van der Waals surface area contributed by atoms with Crippen molar-refractivity contribution in [1.29, 1.82) is 0 Å². The summed E-state index contributed by atoms with van der Waals surface area (Å²) in [7, 11) is 1.87. The lowest BCUT2D eigenvalue weighted by Gasteiger charge is -2.29. The molecule has 94 valence electrons. The van der Waals surface area contributed by atoms with Crippen LogP contribution < -0.4 is 0 Å². The molecule has 0 saturated heterocycles. The number of carbonyl (C=O) groups is 1. The fourth-order valence-electron chi connectivity index (χ4n) is 2.45. The van der Waals surface area contributed by atoms with E-state index in [1.807, 2.05) is 31.3 Å². The van der Waals surface area contributed by atoms with Gasteiger partial charge >= 0.3 is 0 Å². The number of hydrogen-bond acceptors (Lipinski definition) is 2. The standard InChI is InChI=1S/C14H17N3O/c1-17(9-10-5-4-6-10)14(18)13-11-7-2-3-8-12(11)15-16-13/h2-3,7-8,10H,4-6,9H2,1H3,(H,15,16). The Morgan fingerprint density at radius 3 is 2.94 bits per heavy atom. The van der Waals surface area contributed by atoms with Crippen LogP contribution in [0.4, 0.5) is 0 Å². The van der Waals surface area contributed by atoms with E-state index in [0.29, 0.717) is 11.6 Å². The number of rotatable bonds is 3. The monoisotopic (exact) mass is 243 g/mol. The molecule has 1 amide bonds. The summed E-state index contributed by atoms with van der Waals surface area (Å²) in [6.07, 6.45) is 3.80. The zero-order chi connectivity index (χ0) is 12.5. The van der Waals surface area contributed by atoms with Crippen molar-refractivity contribution in [2.45, 2.75) is 19.3 Å². The van der Waals surface area contributed by atoms with Gasteiger partial charge in [0, 0.05) is 19.0 Å². The third-order valence-corrected chi connectivity index (χ3v) is 3.78. The highest BCUT2D eigenvalue weighted by Gasteiger charge is 2.24. The number of benzene rings is 1. The van der Waals surface area contributed by atoms with Crippen LogP contribution in [0.2, 0.25) is 0 Å². The van der Waals surface area contributed by atoms with Gasteiger partial charge in [-0.05, 0) is 24.8 Å². The Hall–Kier alpha value is -1.84. The second-order valence-electron chi connectivity index (χ2n) is 5.10. The maximum absolute atomic E-state index is 12.3. The van der Waals surface area contributed by atoms with Crippen LogP contribution in [0.1, 0.15) is 29.8 Å². The molecule has 0 bridgehead atoms. The number of para-hydroxylation sites is 1. The van der Waals surface area contributed by atoms with Crippen molar-refractivity contribution in [2.24, 2.45) is 5.92 Å². The Labute approximate surface area is 106 Å². The van der Waals surface area contributed by atoms with Crippen molar-refractivity contribution in [3.8, 4) is 0 Å². The summed E-state index contributed by atoms with van der Waals surface area (Å²) in [5, 5.41) is 7.96. The first-order chi connectivity index (χ1) is 8.75. The minimum atomic E-state index is 0.0133. The minimum Gasteiger partial charge on any atom is -0.340 e. The Bertz CT molecular complexity index is 571. The van der Waals surface area contributed by atoms with Crippen molar-refractivity contribution in [1.82, 2.24) is 15.1 Å². The Kier molecular flexibility index (Phi) is 2.78. The number of aromatic nitrogens is 2. The lowest BCUT2D eigenvalue weighted by Crippen LogP contribution is -2.34. The van der Waals surface area contributed by atoms with Gasteiger partial charge in [-0.25, -0.2) is 0 Å². The molecule has 18 heavy (non-hydrogen) atoms. The number of fused-ring (bicyclic) bond motifs is 1. The second kappa shape index (κ2) is 4.44. The molecule has 4 heteroatoms. The largest absolute Gasteiger partial charge is 0.340 e. The Morgan fingerprint density at radius 1 is 1.44 bits per heavy atom. The molecule has 1 N–H and O–H groups in total. The van der Waals surface area contributed by atoms with Crippen molar-refractivity contribution >= 4 is 16.8 Å². The average Bonchev–Trinajstić information content (AvgIpc) is 2.76. The molecule has 0 spiro atoms. The summed E-state index contributed by atoms with van der Waals surface area (Å²) in [5.74, 6) is 0.698. The number of amides is 1. The number of nitrogens with one attached hydrogen (secondary N) is 1. The predicted octanol–water partition coefficient (Wildman–Crippen LogP) is 2.44. The molecule has 1 heterocycles. The molecule has 4 nitrogen and oxygen atoms in total. The van der Waals surface area contributed by atoms with Gasteiger partial charge in [0.25, 0.3) is 5.91 Å². The van der Waals surface area contributed by atoms with Crippen molar-refractivity contribution in [3.63, 3.8) is 0 Å². The second-order valence-corrected chi connectivity index (χ2v) is 5.10. The molecule has 0 atom stereocenters. The lowest BCUT2D eigenvalue weighted by atomic mass is 9.85. The normalized spacial score (nSPS) is 15.6. The van der Waals surface area contributed by atoms with E-state index < -0.39 is 0 Å². The maximum Gasteiger partial charge on any atom is 0.274 e. The zero-order valence-corrected chi connectivity index (χ0v) is 10.5. The van der Waals surface area contributed by atoms with Crippen LogP contribution in [0.5, 0.6) is 0 Å². The fraction of sp³-hybridized carbons (Fsp3) is 0.429. The quantitative estimate of drug-likeness (QED) is 0.900. The van der Waals surface area contributed by atoms with Crippen LogP contribution in [-0.2, 0) is 0 Å². The highest BCUT2D eigenvalue weighted by Crippen LogP contribution is 2.27. The van der Waals surface area contributed by atoms with E-state index in [2.05, 4.69) is 10.2 Å². The smallest absolute Gasteiger partial charge is 0.274 e. The molecule has 1 aromatic heterocycles. The summed E-state index contributed by atoms with van der Waals surface area (Å²) in [4.78, 5) is 14.1. The summed E-state index contributed by atoms with van der Waals surface area (Å²) in [5.41, 5.74) is 1.45. The SMILES string of the molecule is CN(CC1CCC1)C(=O)c1n[nH]c2ccccc12. The van der Waals surface area contributed by atoms with Gasteiger partial charge in [-0.1, -0.05) is 24.6 Å². The highest BCUT2D eigenvalue weighted by atomic mass is 16.2. The van der Waals surface area contributed by atoms with Crippen molar-refractivity contribution < 1.29 is 4.79 Å². The third kappa shape index (κ3) is 1.88. The van der Waals surface area contributed by atoms with E-state index >= 15 is 0 Å². The van der Waals surface area contributed by atoms with E-state index in [0.717, 1.165) is 17.4 Å². The molecule has 1 aromatic carbocycles. The molecule has 3 rings (SSSR count). The van der Waals surface area contributed by atoms with E-state index in [-0.39, 0.29) is 5.91 Å². The molecule has 2 aromatic rings. The lowest BCUT2D eigenvalue weighted by molar-refractivity contribution is 0.0741. The summed E-state index contributed by atoms with van der Waals surface area (Å²) >= 11 is 0. The van der Waals surface area contributed by atoms with Gasteiger partial charge in [0.1, 0.15) is 0 Å². The van der Waals surface area contributed by atoms with Gasteiger partial charge in [0.15, 0.2) is 5.69 Å². The number of carbonyl (C=O) groups excluding carboxylic acids is 1. The van der Waals surface area contributed by atoms with Crippen molar-refractivity contribution in [2.75, 3.05) is 13.6 Å². The number of hydrogen-bond donors (Lipinski definition) is 1. The minimum absolute atomic E-state index is 0.0133. The van der Waals surface area contributed by atoms with Crippen LogP contribution in [0.25, 0.3) is 10.9 Å². The molecule has 1 aliphatic rings. The third-order valence-electron chi connectivity index (χ3n) is 3.78. The Morgan fingerprint density at radius 2 is 2.22 bits per heavy atom. The molecule has 1 fully saturated rings. The Balaban J connectivity index is 1.82. The van der Waals surface area contributed by atoms with Gasteiger partial charge in [-0.2, -0.15) is 5.10 Å². The molecule has 0 aliphatic heterocycles. The maximum atomic E-state index is 12.3. The van der Waals surface area contributed by atoms with E-state index in [1.165, 1.54) is 19.3 Å².